The second kappa shape index (κ2) is 9.02. The van der Waals surface area contributed by atoms with Gasteiger partial charge in [-0.2, -0.15) is 5.26 Å². The molecule has 8 atom stereocenters. The summed E-state index contributed by atoms with van der Waals surface area (Å²) in [6, 6.07) is 2.27. The molecule has 1 unspecified atom stereocenters. The van der Waals surface area contributed by atoms with E-state index in [0.717, 1.165) is 44.1 Å². The maximum Gasteiger partial charge on any atom is 0.312 e. The molecule has 5 aliphatic rings. The molecule has 41 heavy (non-hydrogen) atoms. The van der Waals surface area contributed by atoms with Gasteiger partial charge in [-0.25, -0.2) is 0 Å². The number of ketones is 1. The third-order valence-electron chi connectivity index (χ3n) is 13.4. The monoisotopic (exact) mass is 565 g/mol. The number of esters is 1. The van der Waals surface area contributed by atoms with Crippen LogP contribution in [0.3, 0.4) is 0 Å². The molecule has 0 spiro atoms. The van der Waals surface area contributed by atoms with E-state index in [9.17, 15) is 20.0 Å². The predicted molar refractivity (Wildman–Crippen MR) is 157 cm³/mol. The van der Waals surface area contributed by atoms with Crippen molar-refractivity contribution in [3.8, 4) is 6.07 Å². The first-order chi connectivity index (χ1) is 18.9. The van der Waals surface area contributed by atoms with E-state index in [-0.39, 0.29) is 34.1 Å². The molecule has 2 saturated carbocycles. The number of aliphatic hydroxyl groups is 1. The van der Waals surface area contributed by atoms with Crippen LogP contribution >= 0.6 is 0 Å². The maximum absolute atomic E-state index is 14.8. The number of nitriles is 1. The molecule has 1 saturated heterocycles. The molecule has 3 fully saturated rings. The van der Waals surface area contributed by atoms with Gasteiger partial charge in [-0.15, -0.1) is 0 Å². The Labute approximate surface area is 246 Å². The van der Waals surface area contributed by atoms with Gasteiger partial charge >= 0.3 is 5.97 Å². The van der Waals surface area contributed by atoms with Crippen LogP contribution in [0.5, 0.6) is 0 Å². The molecule has 0 radical (unpaired) electrons. The van der Waals surface area contributed by atoms with Gasteiger partial charge in [0.1, 0.15) is 6.07 Å². The summed E-state index contributed by atoms with van der Waals surface area (Å²) in [5.74, 6) is -1.98. The lowest BCUT2D eigenvalue weighted by Gasteiger charge is -2.70. The van der Waals surface area contributed by atoms with Crippen LogP contribution in [0.1, 0.15) is 113 Å². The van der Waals surface area contributed by atoms with Crippen molar-refractivity contribution < 1.29 is 24.2 Å². The average molecular weight is 566 g/mol. The summed E-state index contributed by atoms with van der Waals surface area (Å²) in [5.41, 5.74) is -1.88. The highest BCUT2D eigenvalue weighted by molar-refractivity contribution is 5.97. The van der Waals surface area contributed by atoms with E-state index in [2.05, 4.69) is 54.5 Å². The lowest BCUT2D eigenvalue weighted by atomic mass is 9.32. The van der Waals surface area contributed by atoms with Gasteiger partial charge in [0.25, 0.3) is 0 Å². The number of allylic oxidation sites excluding steroid dienone is 3. The normalized spacial score (nSPS) is 48.6. The number of carbonyl (C=O) groups is 2. The number of rotatable bonds is 4. The molecule has 0 aromatic heterocycles. The van der Waals surface area contributed by atoms with Gasteiger partial charge in [0.05, 0.1) is 24.7 Å². The third-order valence-corrected chi connectivity index (χ3v) is 13.4. The molecular formula is C35H51NO5. The number of fused-ring (bicyclic) bond motifs is 4. The van der Waals surface area contributed by atoms with Crippen molar-refractivity contribution in [1.29, 1.82) is 5.26 Å². The highest BCUT2D eigenvalue weighted by Gasteiger charge is 2.74. The van der Waals surface area contributed by atoms with Crippen molar-refractivity contribution in [1.82, 2.24) is 0 Å². The molecule has 4 aliphatic carbocycles. The zero-order chi connectivity index (χ0) is 30.5. The van der Waals surface area contributed by atoms with Gasteiger partial charge in [0, 0.05) is 16.7 Å². The molecule has 6 heteroatoms. The maximum atomic E-state index is 14.8. The summed E-state index contributed by atoms with van der Waals surface area (Å²) in [4.78, 5) is 28.5. The highest BCUT2D eigenvalue weighted by Crippen LogP contribution is 2.76. The topological polar surface area (TPSA) is 96.6 Å². The molecule has 0 aromatic carbocycles. The minimum absolute atomic E-state index is 0.0112. The fraction of sp³-hybridized carbons (Fsp3) is 0.800. The Morgan fingerprint density at radius 1 is 1.05 bits per heavy atom. The van der Waals surface area contributed by atoms with Gasteiger partial charge in [-0.3, -0.25) is 9.59 Å². The van der Waals surface area contributed by atoms with E-state index in [1.54, 1.807) is 0 Å². The van der Waals surface area contributed by atoms with Crippen LogP contribution in [0.2, 0.25) is 0 Å². The first kappa shape index (κ1) is 30.5. The van der Waals surface area contributed by atoms with E-state index < -0.39 is 32.9 Å². The Morgan fingerprint density at radius 2 is 1.71 bits per heavy atom. The van der Waals surface area contributed by atoms with Crippen LogP contribution in [0.4, 0.5) is 0 Å². The van der Waals surface area contributed by atoms with Crippen molar-refractivity contribution >= 4 is 11.8 Å². The fourth-order valence-corrected chi connectivity index (χ4v) is 11.4. The molecule has 6 nitrogen and oxygen atoms in total. The van der Waals surface area contributed by atoms with Crippen molar-refractivity contribution in [2.24, 2.45) is 43.8 Å². The van der Waals surface area contributed by atoms with Crippen molar-refractivity contribution in [2.45, 2.75) is 119 Å². The molecule has 1 aliphatic heterocycles. The number of nitrogens with zero attached hydrogens (tertiary/aromatic N) is 1. The Bertz CT molecular complexity index is 1280. The predicted octanol–water partition coefficient (Wildman–Crippen LogP) is 7.07. The SMILES string of the molecule is CCC[C@]1(C)C([C@@]2(C)C=C(C#N)C3(O)OCC[C@@]3(C)C2)=CC(=O)[C@@H]2[C@]3(C)CC(C)(C)CC[C@]3(C(=O)OC)CC[C@]21C. The van der Waals surface area contributed by atoms with E-state index in [1.165, 1.54) is 7.11 Å². The minimum Gasteiger partial charge on any atom is -0.469 e. The largest absolute Gasteiger partial charge is 0.469 e. The lowest BCUT2D eigenvalue weighted by molar-refractivity contribution is -0.217. The summed E-state index contributed by atoms with van der Waals surface area (Å²) in [6.45, 7) is 18.2. The summed E-state index contributed by atoms with van der Waals surface area (Å²) in [6.07, 6.45) is 10.9. The summed E-state index contributed by atoms with van der Waals surface area (Å²) >= 11 is 0. The number of ether oxygens (including phenoxy) is 2. The second-order valence-corrected chi connectivity index (χ2v) is 16.3. The van der Waals surface area contributed by atoms with Crippen LogP contribution in [0.15, 0.2) is 23.3 Å². The van der Waals surface area contributed by atoms with Gasteiger partial charge in [-0.1, -0.05) is 73.5 Å². The third kappa shape index (κ3) is 3.67. The molecule has 0 aromatic rings. The van der Waals surface area contributed by atoms with Crippen molar-refractivity contribution in [3.63, 3.8) is 0 Å². The first-order valence-corrected chi connectivity index (χ1v) is 15.7. The number of hydrogen-bond acceptors (Lipinski definition) is 6. The van der Waals surface area contributed by atoms with Crippen LogP contribution in [0.25, 0.3) is 0 Å². The standard InChI is InChI=1S/C35H51NO5/c1-10-11-31(6)25(29(4)19-23(20-36)35(39)30(5,22-29)16-17-41-35)18-24(37)26-32(31,7)13-15-34(27(38)40-9)14-12-28(2,3)21-33(26,34)8/h18-19,26,39H,10-17,21-22H2,1-9H3/t26-,29-,30-,31+,32+,33-,34+,35?/m0/s1. The van der Waals surface area contributed by atoms with Crippen LogP contribution in [-0.2, 0) is 19.1 Å². The number of methoxy groups -OCH3 is 1. The molecule has 0 bridgehead atoms. The van der Waals surface area contributed by atoms with Crippen molar-refractivity contribution in [3.05, 3.63) is 23.3 Å². The summed E-state index contributed by atoms with van der Waals surface area (Å²) in [5, 5.41) is 21.8. The lowest BCUT2D eigenvalue weighted by Crippen LogP contribution is -2.68. The molecule has 1 N–H and O–H groups in total. The van der Waals surface area contributed by atoms with E-state index in [0.29, 0.717) is 25.9 Å². The van der Waals surface area contributed by atoms with Gasteiger partial charge in [0.2, 0.25) is 5.79 Å². The zero-order valence-electron chi connectivity index (χ0n) is 26.8. The molecule has 226 valence electrons. The second-order valence-electron chi connectivity index (χ2n) is 16.3. The van der Waals surface area contributed by atoms with E-state index >= 15 is 0 Å². The molecule has 1 heterocycles. The fourth-order valence-electron chi connectivity index (χ4n) is 11.4. The molecule has 0 amide bonds. The molecular weight excluding hydrogens is 514 g/mol. The Kier molecular flexibility index (Phi) is 6.71. The van der Waals surface area contributed by atoms with Gasteiger partial charge in [-0.05, 0) is 79.1 Å². The highest BCUT2D eigenvalue weighted by atomic mass is 16.6. The quantitative estimate of drug-likeness (QED) is 0.366. The minimum atomic E-state index is -1.60. The van der Waals surface area contributed by atoms with E-state index in [1.807, 2.05) is 19.1 Å². The number of hydrogen-bond donors (Lipinski definition) is 1. The van der Waals surface area contributed by atoms with Crippen LogP contribution in [0, 0.1) is 55.2 Å². The Hall–Kier alpha value is -1.97. The smallest absolute Gasteiger partial charge is 0.312 e. The zero-order valence-corrected chi connectivity index (χ0v) is 26.8. The Balaban J connectivity index is 1.74. The Morgan fingerprint density at radius 3 is 2.32 bits per heavy atom. The summed E-state index contributed by atoms with van der Waals surface area (Å²) in [7, 11) is 1.49. The number of carbonyl (C=O) groups excluding carboxylic acids is 2. The van der Waals surface area contributed by atoms with E-state index in [4.69, 9.17) is 9.47 Å². The van der Waals surface area contributed by atoms with Gasteiger partial charge in [0.15, 0.2) is 5.78 Å². The average Bonchev–Trinajstić information content (AvgIpc) is 3.18. The molecule has 5 rings (SSSR count). The van der Waals surface area contributed by atoms with Gasteiger partial charge < -0.3 is 14.6 Å². The van der Waals surface area contributed by atoms with Crippen LogP contribution < -0.4 is 0 Å². The van der Waals surface area contributed by atoms with Crippen LogP contribution in [-0.4, -0.2) is 36.4 Å². The van der Waals surface area contributed by atoms with Crippen molar-refractivity contribution in [2.75, 3.05) is 13.7 Å². The summed E-state index contributed by atoms with van der Waals surface area (Å²) < 4.78 is 11.3. The first-order valence-electron chi connectivity index (χ1n) is 15.7.